The molecule has 0 bridgehead atoms. The van der Waals surface area contributed by atoms with E-state index in [0.717, 1.165) is 16.8 Å². The molecule has 0 aromatic heterocycles. The van der Waals surface area contributed by atoms with Crippen LogP contribution in [-0.2, 0) is 0 Å². The van der Waals surface area contributed by atoms with E-state index in [9.17, 15) is 0 Å². The van der Waals surface area contributed by atoms with Crippen molar-refractivity contribution in [3.8, 4) is 0 Å². The molecule has 0 amide bonds. The van der Waals surface area contributed by atoms with E-state index in [1.165, 1.54) is 10.5 Å². The van der Waals surface area contributed by atoms with E-state index in [1.54, 1.807) is 11.8 Å². The smallest absolute Gasteiger partial charge is 0.0525 e. The zero-order valence-electron chi connectivity index (χ0n) is 9.66. The molecular formula is C12H18BrNOS. The highest BCUT2D eigenvalue weighted by Gasteiger charge is 2.07. The van der Waals surface area contributed by atoms with Crippen molar-refractivity contribution in [3.05, 3.63) is 28.2 Å². The maximum atomic E-state index is 8.79. The summed E-state index contributed by atoms with van der Waals surface area (Å²) >= 11 is 5.23. The van der Waals surface area contributed by atoms with Crippen LogP contribution in [0.25, 0.3) is 0 Å². The summed E-state index contributed by atoms with van der Waals surface area (Å²) in [5.74, 6) is 0.737. The molecule has 90 valence electrons. The van der Waals surface area contributed by atoms with Crippen LogP contribution in [0.4, 0.5) is 0 Å². The van der Waals surface area contributed by atoms with Crippen LogP contribution in [0.5, 0.6) is 0 Å². The highest BCUT2D eigenvalue weighted by molar-refractivity contribution is 9.10. The van der Waals surface area contributed by atoms with Gasteiger partial charge in [-0.15, -0.1) is 11.8 Å². The molecule has 1 rings (SSSR count). The molecule has 16 heavy (non-hydrogen) atoms. The molecule has 0 spiro atoms. The van der Waals surface area contributed by atoms with Crippen molar-refractivity contribution < 1.29 is 5.11 Å². The summed E-state index contributed by atoms with van der Waals surface area (Å²) in [6.07, 6.45) is 0. The topological polar surface area (TPSA) is 32.3 Å². The van der Waals surface area contributed by atoms with Crippen molar-refractivity contribution in [1.29, 1.82) is 0 Å². The van der Waals surface area contributed by atoms with Gasteiger partial charge < -0.3 is 10.4 Å². The summed E-state index contributed by atoms with van der Waals surface area (Å²) < 4.78 is 1.10. The van der Waals surface area contributed by atoms with Gasteiger partial charge in [0.15, 0.2) is 0 Å². The van der Waals surface area contributed by atoms with Crippen molar-refractivity contribution >= 4 is 27.7 Å². The highest BCUT2D eigenvalue weighted by Crippen LogP contribution is 2.29. The predicted octanol–water partition coefficient (Wildman–Crippen LogP) is 3.20. The fourth-order valence-corrected chi connectivity index (χ4v) is 2.90. The Bertz CT molecular complexity index is 333. The standard InChI is InChI=1S/C12H18BrNOS/c1-3-14-9(2)10-4-5-12(11(13)8-10)16-7-6-15/h4-5,8-9,14-15H,3,6-7H2,1-2H3. The minimum absolute atomic E-state index is 0.215. The molecule has 0 radical (unpaired) electrons. The van der Waals surface area contributed by atoms with Gasteiger partial charge in [-0.1, -0.05) is 13.0 Å². The quantitative estimate of drug-likeness (QED) is 0.792. The van der Waals surface area contributed by atoms with Crippen LogP contribution in [0.3, 0.4) is 0 Å². The summed E-state index contributed by atoms with van der Waals surface area (Å²) in [7, 11) is 0. The van der Waals surface area contributed by atoms with E-state index < -0.39 is 0 Å². The lowest BCUT2D eigenvalue weighted by molar-refractivity contribution is 0.322. The predicted molar refractivity (Wildman–Crippen MR) is 74.0 cm³/mol. The van der Waals surface area contributed by atoms with E-state index in [0.29, 0.717) is 6.04 Å². The monoisotopic (exact) mass is 303 g/mol. The second-order valence-corrected chi connectivity index (χ2v) is 5.53. The van der Waals surface area contributed by atoms with Crippen LogP contribution in [-0.4, -0.2) is 24.0 Å². The van der Waals surface area contributed by atoms with Crippen LogP contribution in [0, 0.1) is 0 Å². The molecule has 1 atom stereocenters. The van der Waals surface area contributed by atoms with Gasteiger partial charge in [-0.3, -0.25) is 0 Å². The van der Waals surface area contributed by atoms with E-state index in [-0.39, 0.29) is 6.61 Å². The third kappa shape index (κ3) is 4.09. The SMILES string of the molecule is CCNC(C)c1ccc(SCCO)c(Br)c1. The van der Waals surface area contributed by atoms with Gasteiger partial charge in [0, 0.05) is 21.2 Å². The first-order valence-electron chi connectivity index (χ1n) is 5.45. The largest absolute Gasteiger partial charge is 0.396 e. The first-order valence-corrected chi connectivity index (χ1v) is 7.23. The Hall–Kier alpha value is -0.0300. The third-order valence-corrected chi connectivity index (χ3v) is 4.29. The summed E-state index contributed by atoms with van der Waals surface area (Å²) in [5.41, 5.74) is 1.28. The van der Waals surface area contributed by atoms with Crippen molar-refractivity contribution in [3.63, 3.8) is 0 Å². The van der Waals surface area contributed by atoms with E-state index in [4.69, 9.17) is 5.11 Å². The summed E-state index contributed by atoms with van der Waals surface area (Å²) in [5, 5.41) is 12.2. The Morgan fingerprint density at radius 3 is 2.81 bits per heavy atom. The van der Waals surface area contributed by atoms with Crippen LogP contribution in [0.2, 0.25) is 0 Å². The molecule has 0 saturated heterocycles. The molecule has 2 N–H and O–H groups in total. The lowest BCUT2D eigenvalue weighted by Crippen LogP contribution is -2.17. The lowest BCUT2D eigenvalue weighted by atomic mass is 10.1. The molecule has 1 unspecified atom stereocenters. The highest BCUT2D eigenvalue weighted by atomic mass is 79.9. The Morgan fingerprint density at radius 1 is 1.50 bits per heavy atom. The molecule has 0 aliphatic heterocycles. The second-order valence-electron chi connectivity index (χ2n) is 3.54. The Kier molecular flexibility index (Phi) is 6.43. The number of hydrogen-bond acceptors (Lipinski definition) is 3. The number of aliphatic hydroxyl groups is 1. The molecule has 0 heterocycles. The molecular weight excluding hydrogens is 286 g/mol. The fraction of sp³-hybridized carbons (Fsp3) is 0.500. The van der Waals surface area contributed by atoms with Crippen LogP contribution in [0.1, 0.15) is 25.5 Å². The maximum absolute atomic E-state index is 8.79. The zero-order valence-corrected chi connectivity index (χ0v) is 12.1. The fourth-order valence-electron chi connectivity index (χ4n) is 1.48. The molecule has 0 aliphatic rings. The minimum atomic E-state index is 0.215. The molecule has 4 heteroatoms. The Balaban J connectivity index is 2.73. The number of thioether (sulfide) groups is 1. The van der Waals surface area contributed by atoms with Crippen molar-refractivity contribution in [1.82, 2.24) is 5.32 Å². The van der Waals surface area contributed by atoms with Crippen molar-refractivity contribution in [2.24, 2.45) is 0 Å². The molecule has 1 aromatic rings. The Labute approximate surface area is 110 Å². The van der Waals surface area contributed by atoms with Crippen LogP contribution >= 0.6 is 27.7 Å². The van der Waals surface area contributed by atoms with E-state index in [2.05, 4.69) is 53.3 Å². The third-order valence-electron chi connectivity index (χ3n) is 2.32. The van der Waals surface area contributed by atoms with Gasteiger partial charge in [-0.2, -0.15) is 0 Å². The van der Waals surface area contributed by atoms with Crippen molar-refractivity contribution in [2.75, 3.05) is 18.9 Å². The normalized spacial score (nSPS) is 12.8. The molecule has 1 aromatic carbocycles. The number of hydrogen-bond donors (Lipinski definition) is 2. The van der Waals surface area contributed by atoms with Crippen molar-refractivity contribution in [2.45, 2.75) is 24.8 Å². The van der Waals surface area contributed by atoms with Crippen LogP contribution < -0.4 is 5.32 Å². The molecule has 0 fully saturated rings. The minimum Gasteiger partial charge on any atom is -0.396 e. The van der Waals surface area contributed by atoms with Crippen LogP contribution in [0.15, 0.2) is 27.6 Å². The number of rotatable bonds is 6. The second kappa shape index (κ2) is 7.33. The average molecular weight is 304 g/mol. The number of nitrogens with one attached hydrogen (secondary N) is 1. The van der Waals surface area contributed by atoms with Gasteiger partial charge >= 0.3 is 0 Å². The number of halogens is 1. The van der Waals surface area contributed by atoms with Gasteiger partial charge in [0.25, 0.3) is 0 Å². The summed E-state index contributed by atoms with van der Waals surface area (Å²) in [4.78, 5) is 1.18. The van der Waals surface area contributed by atoms with Gasteiger partial charge in [-0.25, -0.2) is 0 Å². The van der Waals surface area contributed by atoms with E-state index >= 15 is 0 Å². The summed E-state index contributed by atoms with van der Waals surface area (Å²) in [6, 6.07) is 6.76. The molecule has 0 aliphatic carbocycles. The molecule has 0 saturated carbocycles. The Morgan fingerprint density at radius 2 is 2.25 bits per heavy atom. The zero-order chi connectivity index (χ0) is 12.0. The van der Waals surface area contributed by atoms with Gasteiger partial charge in [0.2, 0.25) is 0 Å². The van der Waals surface area contributed by atoms with Gasteiger partial charge in [0.05, 0.1) is 6.61 Å². The molecule has 2 nitrogen and oxygen atoms in total. The first-order chi connectivity index (χ1) is 7.69. The van der Waals surface area contributed by atoms with E-state index in [1.807, 2.05) is 0 Å². The van der Waals surface area contributed by atoms with Gasteiger partial charge in [0.1, 0.15) is 0 Å². The maximum Gasteiger partial charge on any atom is 0.0525 e. The number of aliphatic hydroxyl groups excluding tert-OH is 1. The average Bonchev–Trinajstić information content (AvgIpc) is 2.27. The first kappa shape index (κ1) is 14.0. The lowest BCUT2D eigenvalue weighted by Gasteiger charge is -2.14. The number of benzene rings is 1. The van der Waals surface area contributed by atoms with Gasteiger partial charge in [-0.05, 0) is 47.1 Å². The summed E-state index contributed by atoms with van der Waals surface area (Å²) in [6.45, 7) is 5.45.